The molecule has 2 aliphatic heterocycles. The molecule has 9 heteroatoms. The first-order valence-electron chi connectivity index (χ1n) is 12.3. The number of nitrogens with one attached hydrogen (secondary N) is 1. The Morgan fingerprint density at radius 1 is 1.11 bits per heavy atom. The number of hydrogen-bond acceptors (Lipinski definition) is 6. The summed E-state index contributed by atoms with van der Waals surface area (Å²) in [4.78, 5) is 32.5. The highest BCUT2D eigenvalue weighted by atomic mass is 19.1. The lowest BCUT2D eigenvalue weighted by molar-refractivity contribution is 0.0922. The quantitative estimate of drug-likeness (QED) is 0.539. The molecule has 2 aliphatic rings. The van der Waals surface area contributed by atoms with Crippen LogP contribution in [0.15, 0.2) is 60.7 Å². The molecule has 1 saturated heterocycles. The van der Waals surface area contributed by atoms with Crippen LogP contribution in [0.5, 0.6) is 5.88 Å². The number of carbonyl (C=O) groups excluding carboxylic acids is 2. The molecular weight excluding hydrogens is 477 g/mol. The largest absolute Gasteiger partial charge is 0.474 e. The molecule has 3 aromatic rings. The van der Waals surface area contributed by atoms with Crippen LogP contribution < -0.4 is 15.0 Å². The molecule has 1 fully saturated rings. The first kappa shape index (κ1) is 24.7. The van der Waals surface area contributed by atoms with E-state index in [1.54, 1.807) is 18.2 Å². The third kappa shape index (κ3) is 5.72. The second-order valence-corrected chi connectivity index (χ2v) is 9.23. The third-order valence-corrected chi connectivity index (χ3v) is 6.40. The number of amides is 2. The SMILES string of the molecule is C[C@H]1COc2nc(C(=O)N[C@@H]3CCOC3)c(Cc3ccc(F)cc3)cc2N1C(=O)OCc1ccccc1. The standard InChI is InChI=1S/C28H28FN3O5/c1-18-15-36-27-24(32(18)28(34)37-16-20-5-3-2-4-6-20)14-21(13-19-7-9-22(29)10-8-19)25(31-27)26(33)30-23-11-12-35-17-23/h2-10,14,18,23H,11-13,15-17H2,1H3,(H,30,33)/t18-,23+/m0/s1. The molecule has 0 aliphatic carbocycles. The summed E-state index contributed by atoms with van der Waals surface area (Å²) in [5.74, 6) is -0.512. The molecule has 192 valence electrons. The van der Waals surface area contributed by atoms with E-state index in [1.165, 1.54) is 17.0 Å². The van der Waals surface area contributed by atoms with Crippen LogP contribution in [0.25, 0.3) is 0 Å². The van der Waals surface area contributed by atoms with Crippen LogP contribution >= 0.6 is 0 Å². The second-order valence-electron chi connectivity index (χ2n) is 9.23. The number of halogens is 1. The molecule has 2 amide bonds. The summed E-state index contributed by atoms with van der Waals surface area (Å²) < 4.78 is 30.3. The van der Waals surface area contributed by atoms with Gasteiger partial charge in [-0.25, -0.2) is 14.2 Å². The third-order valence-electron chi connectivity index (χ3n) is 6.40. The fraction of sp³-hybridized carbons (Fsp3) is 0.321. The Kier molecular flexibility index (Phi) is 7.32. The van der Waals surface area contributed by atoms with Crippen molar-refractivity contribution in [2.45, 2.75) is 38.5 Å². The summed E-state index contributed by atoms with van der Waals surface area (Å²) in [6, 6.07) is 16.8. The van der Waals surface area contributed by atoms with Gasteiger partial charge in [0.1, 0.15) is 30.4 Å². The zero-order valence-electron chi connectivity index (χ0n) is 20.5. The van der Waals surface area contributed by atoms with Crippen molar-refractivity contribution < 1.29 is 28.2 Å². The van der Waals surface area contributed by atoms with E-state index >= 15 is 0 Å². The van der Waals surface area contributed by atoms with Crippen molar-refractivity contribution in [2.75, 3.05) is 24.7 Å². The van der Waals surface area contributed by atoms with E-state index in [-0.39, 0.29) is 48.6 Å². The van der Waals surface area contributed by atoms with Gasteiger partial charge in [0.05, 0.1) is 18.7 Å². The minimum absolute atomic E-state index is 0.102. The lowest BCUT2D eigenvalue weighted by Gasteiger charge is -2.34. The highest BCUT2D eigenvalue weighted by molar-refractivity contribution is 5.96. The number of fused-ring (bicyclic) bond motifs is 1. The fourth-order valence-electron chi connectivity index (χ4n) is 4.44. The maximum Gasteiger partial charge on any atom is 0.415 e. The summed E-state index contributed by atoms with van der Waals surface area (Å²) >= 11 is 0. The van der Waals surface area contributed by atoms with Gasteiger partial charge in [-0.05, 0) is 54.7 Å². The normalized spacial score (nSPS) is 18.6. The number of rotatable bonds is 6. The topological polar surface area (TPSA) is 90.0 Å². The van der Waals surface area contributed by atoms with Gasteiger partial charge in [-0.1, -0.05) is 42.5 Å². The molecular formula is C28H28FN3O5. The Hall–Kier alpha value is -3.98. The van der Waals surface area contributed by atoms with Crippen molar-refractivity contribution in [2.24, 2.45) is 0 Å². The molecule has 1 aromatic heterocycles. The van der Waals surface area contributed by atoms with Gasteiger partial charge in [0.25, 0.3) is 5.91 Å². The highest BCUT2D eigenvalue weighted by Crippen LogP contribution is 2.35. The van der Waals surface area contributed by atoms with Gasteiger partial charge in [-0.3, -0.25) is 9.69 Å². The number of pyridine rings is 1. The van der Waals surface area contributed by atoms with Crippen LogP contribution in [-0.2, 0) is 22.5 Å². The van der Waals surface area contributed by atoms with Crippen LogP contribution in [0.4, 0.5) is 14.9 Å². The maximum absolute atomic E-state index is 13.5. The van der Waals surface area contributed by atoms with Crippen LogP contribution in [0.3, 0.4) is 0 Å². The number of nitrogens with zero attached hydrogens (tertiary/aromatic N) is 2. The average molecular weight is 506 g/mol. The Labute approximate surface area is 214 Å². The van der Waals surface area contributed by atoms with Gasteiger partial charge in [0.2, 0.25) is 5.88 Å². The number of carbonyl (C=O) groups is 2. The molecule has 1 N–H and O–H groups in total. The smallest absolute Gasteiger partial charge is 0.415 e. The van der Waals surface area contributed by atoms with Crippen LogP contribution in [-0.4, -0.2) is 48.9 Å². The second kappa shape index (κ2) is 11.0. The lowest BCUT2D eigenvalue weighted by Crippen LogP contribution is -2.46. The maximum atomic E-state index is 13.5. The van der Waals surface area contributed by atoms with E-state index in [4.69, 9.17) is 14.2 Å². The van der Waals surface area contributed by atoms with Crippen molar-refractivity contribution in [3.63, 3.8) is 0 Å². The average Bonchev–Trinajstić information content (AvgIpc) is 3.42. The minimum atomic E-state index is -0.532. The summed E-state index contributed by atoms with van der Waals surface area (Å²) in [5.41, 5.74) is 2.87. The summed E-state index contributed by atoms with van der Waals surface area (Å²) in [5, 5.41) is 2.97. The number of hydrogen-bond donors (Lipinski definition) is 1. The Bertz CT molecular complexity index is 1260. The van der Waals surface area contributed by atoms with E-state index in [2.05, 4.69) is 10.3 Å². The monoisotopic (exact) mass is 505 g/mol. The predicted molar refractivity (Wildman–Crippen MR) is 134 cm³/mol. The Morgan fingerprint density at radius 2 is 1.89 bits per heavy atom. The molecule has 5 rings (SSSR count). The van der Waals surface area contributed by atoms with Crippen molar-refractivity contribution >= 4 is 17.7 Å². The molecule has 37 heavy (non-hydrogen) atoms. The van der Waals surface area contributed by atoms with Gasteiger partial charge < -0.3 is 19.5 Å². The van der Waals surface area contributed by atoms with Gasteiger partial charge in [0, 0.05) is 6.61 Å². The molecule has 0 unspecified atom stereocenters. The lowest BCUT2D eigenvalue weighted by atomic mass is 10.0. The van der Waals surface area contributed by atoms with Gasteiger partial charge in [0.15, 0.2) is 0 Å². The van der Waals surface area contributed by atoms with E-state index < -0.39 is 6.09 Å². The Morgan fingerprint density at radius 3 is 2.62 bits per heavy atom. The summed E-state index contributed by atoms with van der Waals surface area (Å²) in [7, 11) is 0. The van der Waals surface area contributed by atoms with Gasteiger partial charge in [-0.15, -0.1) is 0 Å². The first-order chi connectivity index (χ1) is 18.0. The van der Waals surface area contributed by atoms with E-state index in [0.717, 1.165) is 17.5 Å². The van der Waals surface area contributed by atoms with Crippen LogP contribution in [0.2, 0.25) is 0 Å². The summed E-state index contributed by atoms with van der Waals surface area (Å²) in [6.07, 6.45) is 0.501. The van der Waals surface area contributed by atoms with Gasteiger partial charge in [-0.2, -0.15) is 0 Å². The number of ether oxygens (including phenoxy) is 3. The molecule has 8 nitrogen and oxygen atoms in total. The predicted octanol–water partition coefficient (Wildman–Crippen LogP) is 4.25. The molecule has 3 heterocycles. The van der Waals surface area contributed by atoms with Crippen molar-refractivity contribution in [3.05, 3.63) is 88.9 Å². The zero-order valence-corrected chi connectivity index (χ0v) is 20.5. The van der Waals surface area contributed by atoms with E-state index in [1.807, 2.05) is 37.3 Å². The molecule has 0 spiro atoms. The van der Waals surface area contributed by atoms with Crippen LogP contribution in [0, 0.1) is 5.82 Å². The molecule has 0 radical (unpaired) electrons. The number of anilines is 1. The minimum Gasteiger partial charge on any atom is -0.474 e. The van der Waals surface area contributed by atoms with Crippen molar-refractivity contribution in [3.8, 4) is 5.88 Å². The van der Waals surface area contributed by atoms with Crippen molar-refractivity contribution in [1.29, 1.82) is 0 Å². The Balaban J connectivity index is 1.46. The van der Waals surface area contributed by atoms with Crippen LogP contribution in [0.1, 0.15) is 40.5 Å². The molecule has 0 saturated carbocycles. The number of aromatic nitrogens is 1. The zero-order chi connectivity index (χ0) is 25.8. The van der Waals surface area contributed by atoms with E-state index in [9.17, 15) is 14.0 Å². The van der Waals surface area contributed by atoms with Crippen molar-refractivity contribution in [1.82, 2.24) is 10.3 Å². The molecule has 2 atom stereocenters. The van der Waals surface area contributed by atoms with Gasteiger partial charge >= 0.3 is 6.09 Å². The highest BCUT2D eigenvalue weighted by Gasteiger charge is 2.34. The fourth-order valence-corrected chi connectivity index (χ4v) is 4.44. The molecule has 0 bridgehead atoms. The van der Waals surface area contributed by atoms with E-state index in [0.29, 0.717) is 30.9 Å². The first-order valence-corrected chi connectivity index (χ1v) is 12.3. The summed E-state index contributed by atoms with van der Waals surface area (Å²) in [6.45, 7) is 3.21. The number of benzene rings is 2. The molecule has 2 aromatic carbocycles.